The average Bonchev–Trinajstić information content (AvgIpc) is 2.94. The molecular weight excluding hydrogens is 359 g/mol. The van der Waals surface area contributed by atoms with Crippen LogP contribution in [0.4, 0.5) is 13.2 Å². The van der Waals surface area contributed by atoms with Gasteiger partial charge in [-0.3, -0.25) is 9.48 Å². The first-order valence-corrected chi connectivity index (χ1v) is 9.56. The van der Waals surface area contributed by atoms with Gasteiger partial charge in [-0.15, -0.1) is 0 Å². The number of aromatic nitrogens is 2. The maximum Gasteiger partial charge on any atom is 0.433 e. The number of carbonyl (C=O) groups excluding carboxylic acids is 1. The van der Waals surface area contributed by atoms with Crippen molar-refractivity contribution < 1.29 is 23.1 Å². The van der Waals surface area contributed by atoms with E-state index in [0.717, 1.165) is 30.1 Å². The second-order valence-electron chi connectivity index (χ2n) is 9.68. The number of aliphatic hydroxyl groups is 1. The third-order valence-electron chi connectivity index (χ3n) is 6.46. The summed E-state index contributed by atoms with van der Waals surface area (Å²) in [6, 6.07) is -0.173. The number of alkyl halides is 3. The zero-order chi connectivity index (χ0) is 19.8. The van der Waals surface area contributed by atoms with Crippen molar-refractivity contribution in [3.8, 4) is 0 Å². The number of amides is 1. The van der Waals surface area contributed by atoms with E-state index in [2.05, 4.69) is 10.4 Å². The fourth-order valence-corrected chi connectivity index (χ4v) is 5.74. The van der Waals surface area contributed by atoms with Gasteiger partial charge in [0.05, 0.1) is 22.9 Å². The van der Waals surface area contributed by atoms with Gasteiger partial charge in [-0.05, 0) is 70.6 Å². The molecule has 5 nitrogen and oxygen atoms in total. The van der Waals surface area contributed by atoms with Gasteiger partial charge in [0.1, 0.15) is 0 Å². The summed E-state index contributed by atoms with van der Waals surface area (Å²) in [6.45, 7) is 4.86. The molecule has 0 spiro atoms. The van der Waals surface area contributed by atoms with Crippen LogP contribution in [0.3, 0.4) is 0 Å². The molecule has 1 heterocycles. The van der Waals surface area contributed by atoms with Crippen molar-refractivity contribution in [2.24, 2.45) is 17.8 Å². The third-order valence-corrected chi connectivity index (χ3v) is 6.46. The van der Waals surface area contributed by atoms with Crippen molar-refractivity contribution in [3.63, 3.8) is 0 Å². The normalized spacial score (nSPS) is 35.5. The van der Waals surface area contributed by atoms with Crippen LogP contribution in [0.5, 0.6) is 0 Å². The highest BCUT2D eigenvalue weighted by Crippen LogP contribution is 2.55. The molecule has 4 aliphatic rings. The summed E-state index contributed by atoms with van der Waals surface area (Å²) in [5, 5.41) is 17.4. The van der Waals surface area contributed by atoms with Crippen molar-refractivity contribution in [2.75, 3.05) is 0 Å². The van der Waals surface area contributed by atoms with Gasteiger partial charge < -0.3 is 10.4 Å². The number of nitrogens with one attached hydrogen (secondary N) is 1. The Morgan fingerprint density at radius 2 is 1.81 bits per heavy atom. The van der Waals surface area contributed by atoms with Crippen molar-refractivity contribution >= 4 is 5.91 Å². The van der Waals surface area contributed by atoms with E-state index in [1.807, 2.05) is 0 Å². The predicted molar refractivity (Wildman–Crippen MR) is 92.0 cm³/mol. The van der Waals surface area contributed by atoms with E-state index < -0.39 is 34.5 Å². The van der Waals surface area contributed by atoms with Crippen molar-refractivity contribution in [1.29, 1.82) is 0 Å². The molecule has 4 fully saturated rings. The quantitative estimate of drug-likeness (QED) is 0.821. The minimum absolute atomic E-state index is 0.136. The zero-order valence-corrected chi connectivity index (χ0v) is 15.8. The summed E-state index contributed by atoms with van der Waals surface area (Å²) in [6.07, 6.45) is 0.269. The molecule has 0 aromatic carbocycles. The first-order chi connectivity index (χ1) is 12.4. The maximum absolute atomic E-state index is 13.7. The molecule has 4 aliphatic carbocycles. The predicted octanol–water partition coefficient (Wildman–Crippen LogP) is 3.33. The number of halogens is 3. The molecule has 2 unspecified atom stereocenters. The largest absolute Gasteiger partial charge is 0.433 e. The molecule has 0 radical (unpaired) electrons. The van der Waals surface area contributed by atoms with Crippen LogP contribution in [0.2, 0.25) is 0 Å². The molecular formula is C19H26F3N3O2. The van der Waals surface area contributed by atoms with E-state index in [4.69, 9.17) is 0 Å². The van der Waals surface area contributed by atoms with Gasteiger partial charge in [-0.2, -0.15) is 18.3 Å². The average molecular weight is 385 g/mol. The van der Waals surface area contributed by atoms with Gasteiger partial charge >= 0.3 is 6.18 Å². The van der Waals surface area contributed by atoms with E-state index in [1.54, 1.807) is 20.8 Å². The smallest absolute Gasteiger partial charge is 0.390 e. The van der Waals surface area contributed by atoms with E-state index >= 15 is 0 Å². The molecule has 0 aliphatic heterocycles. The Hall–Kier alpha value is -1.57. The van der Waals surface area contributed by atoms with Gasteiger partial charge in [0.25, 0.3) is 5.91 Å². The zero-order valence-electron chi connectivity index (χ0n) is 15.8. The highest BCUT2D eigenvalue weighted by atomic mass is 19.4. The Bertz CT molecular complexity index is 749. The van der Waals surface area contributed by atoms with Crippen LogP contribution in [0.1, 0.15) is 68.9 Å². The van der Waals surface area contributed by atoms with Gasteiger partial charge in [-0.1, -0.05) is 0 Å². The van der Waals surface area contributed by atoms with Crippen molar-refractivity contribution in [3.05, 3.63) is 17.5 Å². The highest BCUT2D eigenvalue weighted by Gasteiger charge is 2.55. The van der Waals surface area contributed by atoms with Crippen LogP contribution >= 0.6 is 0 Å². The first-order valence-electron chi connectivity index (χ1n) is 9.56. The fourth-order valence-electron chi connectivity index (χ4n) is 5.74. The molecule has 0 saturated heterocycles. The minimum atomic E-state index is -4.67. The van der Waals surface area contributed by atoms with Crippen LogP contribution in [-0.2, 0) is 11.7 Å². The number of hydrogen-bond acceptors (Lipinski definition) is 3. The standard InChI is InChI=1S/C19H26F3N3O2/c1-17(2,3)25-15(19(20,21)22)13(9-23-25)16(26)24-14-11-4-10-5-12(14)8-18(27,6-10)7-11/h9-12,14,27H,4-8H2,1-3H3,(H,24,26)/t10?,11?,12?,14-,18-. The molecule has 2 N–H and O–H groups in total. The molecule has 2 atom stereocenters. The fraction of sp³-hybridized carbons (Fsp3) is 0.789. The van der Waals surface area contributed by atoms with E-state index in [9.17, 15) is 23.1 Å². The maximum atomic E-state index is 13.7. The number of rotatable bonds is 2. The summed E-state index contributed by atoms with van der Waals surface area (Å²) in [7, 11) is 0. The topological polar surface area (TPSA) is 67.2 Å². The summed E-state index contributed by atoms with van der Waals surface area (Å²) in [5.41, 5.74) is -2.97. The highest BCUT2D eigenvalue weighted by molar-refractivity contribution is 5.95. The summed E-state index contributed by atoms with van der Waals surface area (Å²) in [4.78, 5) is 12.8. The van der Waals surface area contributed by atoms with E-state index in [0.29, 0.717) is 18.8 Å². The molecule has 150 valence electrons. The minimum Gasteiger partial charge on any atom is -0.390 e. The SMILES string of the molecule is CC(C)(C)n1ncc(C(=O)N[C@H]2C3CC4CC2C[C@](O)(C4)C3)c1C(F)(F)F. The number of hydrogen-bond donors (Lipinski definition) is 2. The second-order valence-corrected chi connectivity index (χ2v) is 9.68. The van der Waals surface area contributed by atoms with Crippen LogP contribution in [0, 0.1) is 17.8 Å². The van der Waals surface area contributed by atoms with E-state index in [-0.39, 0.29) is 17.9 Å². The Morgan fingerprint density at radius 3 is 2.30 bits per heavy atom. The van der Waals surface area contributed by atoms with Gasteiger partial charge in [-0.25, -0.2) is 0 Å². The Morgan fingerprint density at radius 1 is 1.22 bits per heavy atom. The lowest BCUT2D eigenvalue weighted by Gasteiger charge is -2.58. The molecule has 1 amide bonds. The third kappa shape index (κ3) is 3.15. The summed E-state index contributed by atoms with van der Waals surface area (Å²) in [5.74, 6) is 0.0201. The molecule has 1 aromatic rings. The Kier molecular flexibility index (Phi) is 3.98. The Labute approximate surface area is 156 Å². The van der Waals surface area contributed by atoms with Gasteiger partial charge in [0, 0.05) is 6.04 Å². The van der Waals surface area contributed by atoms with Gasteiger partial charge in [0.2, 0.25) is 0 Å². The second kappa shape index (κ2) is 5.72. The first kappa shape index (κ1) is 18.8. The summed E-state index contributed by atoms with van der Waals surface area (Å²) >= 11 is 0. The van der Waals surface area contributed by atoms with Crippen molar-refractivity contribution in [1.82, 2.24) is 15.1 Å². The van der Waals surface area contributed by atoms with E-state index in [1.165, 1.54) is 0 Å². The van der Waals surface area contributed by atoms with Crippen LogP contribution in [0.15, 0.2) is 6.20 Å². The molecule has 4 bridgehead atoms. The summed E-state index contributed by atoms with van der Waals surface area (Å²) < 4.78 is 41.9. The number of carbonyl (C=O) groups is 1. The monoisotopic (exact) mass is 385 g/mol. The molecule has 5 rings (SSSR count). The lowest BCUT2D eigenvalue weighted by atomic mass is 9.52. The molecule has 4 saturated carbocycles. The molecule has 1 aromatic heterocycles. The lowest BCUT2D eigenvalue weighted by molar-refractivity contribution is -0.146. The molecule has 27 heavy (non-hydrogen) atoms. The lowest BCUT2D eigenvalue weighted by Crippen LogP contribution is -2.61. The molecule has 8 heteroatoms. The van der Waals surface area contributed by atoms with Crippen LogP contribution < -0.4 is 5.32 Å². The Balaban J connectivity index is 1.60. The number of nitrogens with zero attached hydrogens (tertiary/aromatic N) is 2. The van der Waals surface area contributed by atoms with Gasteiger partial charge in [0.15, 0.2) is 5.69 Å². The van der Waals surface area contributed by atoms with Crippen LogP contribution in [0.25, 0.3) is 0 Å². The van der Waals surface area contributed by atoms with Crippen LogP contribution in [-0.4, -0.2) is 32.4 Å². The van der Waals surface area contributed by atoms with Crippen molar-refractivity contribution in [2.45, 2.75) is 76.2 Å².